The lowest BCUT2D eigenvalue weighted by Gasteiger charge is -2.33. The van der Waals surface area contributed by atoms with Crippen LogP contribution in [0.25, 0.3) is 49.5 Å². The Hall–Kier alpha value is -5.01. The molecule has 7 rings (SSSR count). The van der Waals surface area contributed by atoms with E-state index in [-0.39, 0.29) is 36.5 Å². The number of amides is 1. The molecule has 0 bridgehead atoms. The van der Waals surface area contributed by atoms with Crippen molar-refractivity contribution < 1.29 is 23.0 Å². The minimum atomic E-state index is -0.792. The number of nitrogens with zero attached hydrogens (tertiary/aromatic N) is 7. The van der Waals surface area contributed by atoms with Crippen LogP contribution in [0.5, 0.6) is 5.75 Å². The lowest BCUT2D eigenvalue weighted by molar-refractivity contribution is -0.129. The van der Waals surface area contributed by atoms with Crippen molar-refractivity contribution in [3.8, 4) is 39.5 Å². The van der Waals surface area contributed by atoms with Gasteiger partial charge in [0.05, 0.1) is 36.6 Å². The summed E-state index contributed by atoms with van der Waals surface area (Å²) >= 11 is 1.41. The second-order valence-electron chi connectivity index (χ2n) is 10.7. The molecular formula is C32H27F2N7O3S. The summed E-state index contributed by atoms with van der Waals surface area (Å²) in [4.78, 5) is 19.4. The molecule has 0 aliphatic carbocycles. The highest BCUT2D eigenvalue weighted by atomic mass is 32.1. The zero-order valence-corrected chi connectivity index (χ0v) is 25.2. The van der Waals surface area contributed by atoms with Gasteiger partial charge in [-0.3, -0.25) is 13.9 Å². The Balaban J connectivity index is 1.49. The van der Waals surface area contributed by atoms with E-state index in [1.807, 2.05) is 47.4 Å². The fourth-order valence-electron chi connectivity index (χ4n) is 5.72. The van der Waals surface area contributed by atoms with Crippen molar-refractivity contribution in [2.75, 3.05) is 20.3 Å². The van der Waals surface area contributed by atoms with Gasteiger partial charge in [-0.15, -0.1) is 21.5 Å². The number of fused-ring (bicyclic) bond motifs is 3. The second-order valence-corrected chi connectivity index (χ2v) is 11.6. The van der Waals surface area contributed by atoms with Gasteiger partial charge in [-0.1, -0.05) is 6.58 Å². The quantitative estimate of drug-likeness (QED) is 0.156. The molecule has 228 valence electrons. The van der Waals surface area contributed by atoms with Gasteiger partial charge in [0.2, 0.25) is 5.91 Å². The number of thiophene rings is 1. The van der Waals surface area contributed by atoms with Crippen LogP contribution in [-0.2, 0) is 22.6 Å². The number of hydrogen-bond acceptors (Lipinski definition) is 8. The number of ether oxygens (including phenoxy) is 2. The van der Waals surface area contributed by atoms with E-state index in [4.69, 9.17) is 19.6 Å². The molecule has 6 heterocycles. The largest absolute Gasteiger partial charge is 0.490 e. The Morgan fingerprint density at radius 2 is 2.02 bits per heavy atom. The number of rotatable bonds is 8. The molecule has 45 heavy (non-hydrogen) atoms. The van der Waals surface area contributed by atoms with Crippen LogP contribution in [0.15, 0.2) is 67.0 Å². The molecular weight excluding hydrogens is 600 g/mol. The number of hydrogen-bond donors (Lipinski definition) is 0. The molecule has 10 nitrogen and oxygen atoms in total. The van der Waals surface area contributed by atoms with Crippen LogP contribution in [0.3, 0.4) is 0 Å². The molecule has 0 spiro atoms. The standard InChI is InChI=1S/C32H27F2N7O3S/c1-4-27(42)40-16-21-13-24(38-41(21)14-18(40)2)31-29(28-23(34)11-20(33)12-25(28)44-9-8-43-3)32-22(7-10-45-32)30(36-31)19-5-6-26-37-35-17-39(26)15-19/h4-7,10-13,15,17-18H,1,8-9,14,16H2,2-3H3. The average Bonchev–Trinajstić information content (AvgIpc) is 3.79. The van der Waals surface area contributed by atoms with Gasteiger partial charge < -0.3 is 14.4 Å². The first-order valence-electron chi connectivity index (χ1n) is 14.2. The topological polar surface area (TPSA) is 99.7 Å². The third-order valence-corrected chi connectivity index (χ3v) is 8.78. The zero-order chi connectivity index (χ0) is 31.2. The second kappa shape index (κ2) is 11.5. The van der Waals surface area contributed by atoms with E-state index in [2.05, 4.69) is 16.8 Å². The van der Waals surface area contributed by atoms with Crippen LogP contribution in [0.2, 0.25) is 0 Å². The molecule has 5 aromatic heterocycles. The Bertz CT molecular complexity index is 2100. The van der Waals surface area contributed by atoms with Crippen LogP contribution in [0.4, 0.5) is 8.78 Å². The van der Waals surface area contributed by atoms with E-state index < -0.39 is 11.6 Å². The summed E-state index contributed by atoms with van der Waals surface area (Å²) in [5.41, 5.74) is 4.28. The van der Waals surface area contributed by atoms with Crippen LogP contribution < -0.4 is 4.74 Å². The lowest BCUT2D eigenvalue weighted by Crippen LogP contribution is -2.44. The highest BCUT2D eigenvalue weighted by Crippen LogP contribution is 2.47. The summed E-state index contributed by atoms with van der Waals surface area (Å²) in [5, 5.41) is 15.7. The van der Waals surface area contributed by atoms with E-state index in [1.54, 1.807) is 15.6 Å². The number of carbonyl (C=O) groups excluding carboxylic acids is 1. The first kappa shape index (κ1) is 28.7. The van der Waals surface area contributed by atoms with Gasteiger partial charge in [-0.2, -0.15) is 5.10 Å². The minimum Gasteiger partial charge on any atom is -0.490 e. The van der Waals surface area contributed by atoms with Gasteiger partial charge in [0.15, 0.2) is 5.65 Å². The van der Waals surface area contributed by atoms with Crippen LogP contribution in [0, 0.1) is 11.6 Å². The molecule has 0 saturated carbocycles. The van der Waals surface area contributed by atoms with E-state index in [0.717, 1.165) is 27.4 Å². The molecule has 1 atom stereocenters. The van der Waals surface area contributed by atoms with Crippen LogP contribution >= 0.6 is 11.3 Å². The summed E-state index contributed by atoms with van der Waals surface area (Å²) in [7, 11) is 1.52. The van der Waals surface area contributed by atoms with Crippen molar-refractivity contribution in [2.45, 2.75) is 26.1 Å². The van der Waals surface area contributed by atoms with Crippen molar-refractivity contribution in [3.05, 3.63) is 84.3 Å². The third kappa shape index (κ3) is 5.03. The predicted molar refractivity (Wildman–Crippen MR) is 166 cm³/mol. The first-order chi connectivity index (χ1) is 21.9. The first-order valence-corrected chi connectivity index (χ1v) is 15.1. The zero-order valence-electron chi connectivity index (χ0n) is 24.4. The highest BCUT2D eigenvalue weighted by Gasteiger charge is 2.30. The average molecular weight is 628 g/mol. The summed E-state index contributed by atoms with van der Waals surface area (Å²) in [5.74, 6) is -1.70. The Morgan fingerprint density at radius 3 is 2.84 bits per heavy atom. The molecule has 1 amide bonds. The fourth-order valence-corrected chi connectivity index (χ4v) is 6.67. The summed E-state index contributed by atoms with van der Waals surface area (Å²) < 4.78 is 45.9. The molecule has 1 aliphatic heterocycles. The van der Waals surface area contributed by atoms with Gasteiger partial charge in [0.1, 0.15) is 41.7 Å². The Labute approximate surface area is 260 Å². The molecule has 13 heteroatoms. The number of benzene rings is 1. The fraction of sp³-hybridized carbons (Fsp3) is 0.219. The SMILES string of the molecule is C=CC(=O)N1Cc2cc(-c3nc(-c4ccc5nncn5c4)c4ccsc4c3-c3c(F)cc(F)cc3OCCOC)nn2CC1C. The van der Waals surface area contributed by atoms with Crippen molar-refractivity contribution in [1.82, 2.24) is 34.3 Å². The van der Waals surface area contributed by atoms with Crippen LogP contribution in [-0.4, -0.2) is 66.5 Å². The van der Waals surface area contributed by atoms with Crippen molar-refractivity contribution in [1.29, 1.82) is 0 Å². The van der Waals surface area contributed by atoms with Gasteiger partial charge in [0.25, 0.3) is 0 Å². The number of aromatic nitrogens is 6. The Kier molecular flexibility index (Phi) is 7.34. The van der Waals surface area contributed by atoms with Crippen molar-refractivity contribution >= 4 is 33.0 Å². The summed E-state index contributed by atoms with van der Waals surface area (Å²) in [6, 6.07) is 9.43. The minimum absolute atomic E-state index is 0.0290. The monoisotopic (exact) mass is 627 g/mol. The summed E-state index contributed by atoms with van der Waals surface area (Å²) in [6.45, 7) is 6.68. The number of carbonyl (C=O) groups is 1. The molecule has 0 fully saturated rings. The molecule has 0 radical (unpaired) electrons. The summed E-state index contributed by atoms with van der Waals surface area (Å²) in [6.07, 6.45) is 4.79. The molecule has 0 saturated heterocycles. The molecule has 1 unspecified atom stereocenters. The van der Waals surface area contributed by atoms with E-state index >= 15 is 4.39 Å². The van der Waals surface area contributed by atoms with Crippen LogP contribution in [0.1, 0.15) is 12.6 Å². The van der Waals surface area contributed by atoms with Gasteiger partial charge in [-0.25, -0.2) is 13.8 Å². The van der Waals surface area contributed by atoms with E-state index in [9.17, 15) is 9.18 Å². The molecule has 1 aliphatic rings. The smallest absolute Gasteiger partial charge is 0.246 e. The predicted octanol–water partition coefficient (Wildman–Crippen LogP) is 5.76. The number of pyridine rings is 2. The van der Waals surface area contributed by atoms with Gasteiger partial charge in [-0.05, 0) is 42.6 Å². The number of methoxy groups -OCH3 is 1. The van der Waals surface area contributed by atoms with E-state index in [0.29, 0.717) is 41.4 Å². The number of halogens is 2. The molecule has 0 N–H and O–H groups in total. The molecule has 6 aromatic rings. The van der Waals surface area contributed by atoms with Gasteiger partial charge in [0, 0.05) is 52.7 Å². The Morgan fingerprint density at radius 1 is 1.16 bits per heavy atom. The van der Waals surface area contributed by atoms with E-state index in [1.165, 1.54) is 30.6 Å². The lowest BCUT2D eigenvalue weighted by atomic mass is 9.96. The normalized spacial score (nSPS) is 14.7. The maximum Gasteiger partial charge on any atom is 0.246 e. The maximum atomic E-state index is 16.0. The van der Waals surface area contributed by atoms with Gasteiger partial charge >= 0.3 is 0 Å². The molecule has 1 aromatic carbocycles. The van der Waals surface area contributed by atoms with Crippen molar-refractivity contribution in [3.63, 3.8) is 0 Å². The maximum absolute atomic E-state index is 16.0. The highest BCUT2D eigenvalue weighted by molar-refractivity contribution is 7.18. The van der Waals surface area contributed by atoms with Crippen molar-refractivity contribution in [2.24, 2.45) is 0 Å². The third-order valence-electron chi connectivity index (χ3n) is 7.85.